The smallest absolute Gasteiger partial charge is 0.279 e. The Hall–Kier alpha value is -1.13. The quantitative estimate of drug-likeness (QED) is 0.373. The van der Waals surface area contributed by atoms with Crippen LogP contribution in [0.2, 0.25) is 0 Å². The molecule has 126 valence electrons. The molecule has 2 rings (SSSR count). The van der Waals surface area contributed by atoms with Gasteiger partial charge in [0.1, 0.15) is 0 Å². The van der Waals surface area contributed by atoms with E-state index >= 15 is 0 Å². The molecular weight excluding hydrogens is 444 g/mol. The molecule has 0 saturated carbocycles. The summed E-state index contributed by atoms with van der Waals surface area (Å²) in [6, 6.07) is 15.0. The molecule has 0 aliphatic rings. The Balaban J connectivity index is 0.000000284. The summed E-state index contributed by atoms with van der Waals surface area (Å²) in [5.41, 5.74) is -0.124. The molecule has 23 heavy (non-hydrogen) atoms. The molecule has 0 aromatic heterocycles. The van der Waals surface area contributed by atoms with Crippen molar-refractivity contribution in [3.05, 3.63) is 57.2 Å². The molecule has 0 atom stereocenters. The zero-order valence-electron chi connectivity index (χ0n) is 12.2. The standard InChI is InChI=1S/C14H13I.CHF3O3S/c1-10-6-5-8-12(11(10)2)13-7-3-4-9-14(13)15;2-1(3,4)8(5,6)7/h3-9H,1-2H3;(H,5,6,7). The van der Waals surface area contributed by atoms with Crippen LogP contribution in [0.25, 0.3) is 11.1 Å². The lowest BCUT2D eigenvalue weighted by Crippen LogP contribution is -2.21. The van der Waals surface area contributed by atoms with Crippen molar-refractivity contribution in [3.63, 3.8) is 0 Å². The van der Waals surface area contributed by atoms with Gasteiger partial charge in [-0.25, -0.2) is 0 Å². The molecule has 0 amide bonds. The van der Waals surface area contributed by atoms with Crippen LogP contribution in [0.3, 0.4) is 0 Å². The summed E-state index contributed by atoms with van der Waals surface area (Å²) in [5, 5.41) is 0. The zero-order valence-corrected chi connectivity index (χ0v) is 15.2. The van der Waals surface area contributed by atoms with Gasteiger partial charge in [-0.05, 0) is 64.8 Å². The van der Waals surface area contributed by atoms with Gasteiger partial charge in [-0.3, -0.25) is 4.55 Å². The lowest BCUT2D eigenvalue weighted by atomic mass is 9.97. The lowest BCUT2D eigenvalue weighted by molar-refractivity contribution is -0.0510. The maximum absolute atomic E-state index is 10.7. The van der Waals surface area contributed by atoms with Crippen molar-refractivity contribution in [1.29, 1.82) is 0 Å². The third-order valence-corrected chi connectivity index (χ3v) is 4.59. The lowest BCUT2D eigenvalue weighted by Gasteiger charge is -2.10. The van der Waals surface area contributed by atoms with Crippen molar-refractivity contribution < 1.29 is 26.1 Å². The van der Waals surface area contributed by atoms with Crippen molar-refractivity contribution >= 4 is 32.7 Å². The first-order valence-corrected chi connectivity index (χ1v) is 8.82. The van der Waals surface area contributed by atoms with Crippen LogP contribution in [0.5, 0.6) is 0 Å². The number of aryl methyl sites for hydroxylation is 1. The second kappa shape index (κ2) is 7.63. The largest absolute Gasteiger partial charge is 0.522 e. The van der Waals surface area contributed by atoms with Gasteiger partial charge < -0.3 is 0 Å². The highest BCUT2D eigenvalue weighted by atomic mass is 127. The Morgan fingerprint density at radius 2 is 1.43 bits per heavy atom. The van der Waals surface area contributed by atoms with E-state index in [2.05, 4.69) is 78.9 Å². The molecule has 0 spiro atoms. The van der Waals surface area contributed by atoms with Crippen molar-refractivity contribution in [2.75, 3.05) is 0 Å². The van der Waals surface area contributed by atoms with Gasteiger partial charge in [0.05, 0.1) is 0 Å². The fraction of sp³-hybridized carbons (Fsp3) is 0.200. The average Bonchev–Trinajstić information content (AvgIpc) is 2.41. The van der Waals surface area contributed by atoms with Crippen LogP contribution in [0.15, 0.2) is 42.5 Å². The Labute approximate surface area is 146 Å². The summed E-state index contributed by atoms with van der Waals surface area (Å²) in [6.07, 6.45) is 0. The van der Waals surface area contributed by atoms with Crippen molar-refractivity contribution in [2.45, 2.75) is 19.4 Å². The SMILES string of the molecule is Cc1cccc(-c2ccccc2I)c1C.O=S(=O)(O)C(F)(F)F. The summed E-state index contributed by atoms with van der Waals surface area (Å²) in [5.74, 6) is 0. The first kappa shape index (κ1) is 19.9. The van der Waals surface area contributed by atoms with Gasteiger partial charge in [-0.15, -0.1) is 0 Å². The second-order valence-electron chi connectivity index (χ2n) is 4.65. The van der Waals surface area contributed by atoms with Crippen molar-refractivity contribution in [2.24, 2.45) is 0 Å². The van der Waals surface area contributed by atoms with Gasteiger partial charge in [0.2, 0.25) is 0 Å². The molecule has 0 aliphatic carbocycles. The molecule has 0 bridgehead atoms. The number of halogens is 4. The molecule has 8 heteroatoms. The third kappa shape index (κ3) is 5.47. The van der Waals surface area contributed by atoms with Gasteiger partial charge >= 0.3 is 15.6 Å². The van der Waals surface area contributed by atoms with Crippen LogP contribution in [0.4, 0.5) is 13.2 Å². The minimum atomic E-state index is -5.84. The molecule has 0 aliphatic heterocycles. The van der Waals surface area contributed by atoms with Gasteiger partial charge in [0.15, 0.2) is 0 Å². The predicted octanol–water partition coefficient (Wildman–Crippen LogP) is 4.97. The molecule has 0 heterocycles. The number of hydrogen-bond donors (Lipinski definition) is 1. The van der Waals surface area contributed by atoms with Crippen LogP contribution in [-0.4, -0.2) is 18.5 Å². The second-order valence-corrected chi connectivity index (χ2v) is 7.22. The van der Waals surface area contributed by atoms with Gasteiger partial charge in [0.25, 0.3) is 0 Å². The maximum Gasteiger partial charge on any atom is 0.522 e. The maximum atomic E-state index is 10.7. The zero-order chi connectivity index (χ0) is 17.8. The molecule has 0 fully saturated rings. The summed E-state index contributed by atoms with van der Waals surface area (Å²) < 4.78 is 58.9. The van der Waals surface area contributed by atoms with Crippen LogP contribution in [0, 0.1) is 17.4 Å². The third-order valence-electron chi connectivity index (χ3n) is 3.06. The van der Waals surface area contributed by atoms with E-state index in [4.69, 9.17) is 13.0 Å². The van der Waals surface area contributed by atoms with E-state index in [-0.39, 0.29) is 0 Å². The number of alkyl halides is 3. The molecule has 0 saturated heterocycles. The Bertz CT molecular complexity index is 787. The fourth-order valence-electron chi connectivity index (χ4n) is 1.72. The number of benzene rings is 2. The van der Waals surface area contributed by atoms with E-state index < -0.39 is 15.6 Å². The summed E-state index contributed by atoms with van der Waals surface area (Å²) in [7, 11) is -5.84. The van der Waals surface area contributed by atoms with Crippen LogP contribution < -0.4 is 0 Å². The topological polar surface area (TPSA) is 54.4 Å². The minimum Gasteiger partial charge on any atom is -0.279 e. The molecule has 3 nitrogen and oxygen atoms in total. The summed E-state index contributed by atoms with van der Waals surface area (Å²) in [4.78, 5) is 0. The van der Waals surface area contributed by atoms with Crippen LogP contribution in [0.1, 0.15) is 11.1 Å². The Morgan fingerprint density at radius 1 is 0.957 bits per heavy atom. The minimum absolute atomic E-state index is 1.31. The highest BCUT2D eigenvalue weighted by Crippen LogP contribution is 2.29. The average molecular weight is 458 g/mol. The van der Waals surface area contributed by atoms with E-state index in [0.29, 0.717) is 0 Å². The Morgan fingerprint density at radius 3 is 1.91 bits per heavy atom. The van der Waals surface area contributed by atoms with Crippen molar-refractivity contribution in [1.82, 2.24) is 0 Å². The predicted molar refractivity (Wildman–Crippen MR) is 91.7 cm³/mol. The highest BCUT2D eigenvalue weighted by Gasteiger charge is 2.44. The molecule has 0 radical (unpaired) electrons. The van der Waals surface area contributed by atoms with E-state index in [1.807, 2.05) is 0 Å². The summed E-state index contributed by atoms with van der Waals surface area (Å²) >= 11 is 2.39. The molecular formula is C15H14F3IO3S. The van der Waals surface area contributed by atoms with E-state index in [1.165, 1.54) is 25.8 Å². The van der Waals surface area contributed by atoms with E-state index in [1.54, 1.807) is 0 Å². The van der Waals surface area contributed by atoms with Crippen LogP contribution >= 0.6 is 22.6 Å². The van der Waals surface area contributed by atoms with E-state index in [9.17, 15) is 13.2 Å². The highest BCUT2D eigenvalue weighted by molar-refractivity contribution is 14.1. The molecule has 1 N–H and O–H groups in total. The Kier molecular flexibility index (Phi) is 6.60. The van der Waals surface area contributed by atoms with Gasteiger partial charge in [-0.2, -0.15) is 21.6 Å². The van der Waals surface area contributed by atoms with E-state index in [0.717, 1.165) is 0 Å². The van der Waals surface area contributed by atoms with Crippen molar-refractivity contribution in [3.8, 4) is 11.1 Å². The first-order valence-electron chi connectivity index (χ1n) is 6.30. The molecule has 2 aromatic rings. The number of hydrogen-bond acceptors (Lipinski definition) is 2. The van der Waals surface area contributed by atoms with Gasteiger partial charge in [-0.1, -0.05) is 36.4 Å². The first-order chi connectivity index (χ1) is 10.4. The monoisotopic (exact) mass is 458 g/mol. The number of rotatable bonds is 1. The van der Waals surface area contributed by atoms with Gasteiger partial charge in [0, 0.05) is 3.57 Å². The fourth-order valence-corrected chi connectivity index (χ4v) is 2.40. The summed E-state index contributed by atoms with van der Waals surface area (Å²) in [6.45, 7) is 4.35. The normalized spacial score (nSPS) is 11.6. The van der Waals surface area contributed by atoms with Crippen LogP contribution in [-0.2, 0) is 10.1 Å². The molecule has 0 unspecified atom stereocenters. The molecule has 2 aromatic carbocycles.